The molecule has 2 unspecified atom stereocenters. The second kappa shape index (κ2) is 7.92. The van der Waals surface area contributed by atoms with Crippen molar-refractivity contribution < 1.29 is 0 Å². The molecule has 29 heavy (non-hydrogen) atoms. The van der Waals surface area contributed by atoms with Crippen molar-refractivity contribution in [2.45, 2.75) is 32.2 Å². The van der Waals surface area contributed by atoms with Crippen LogP contribution >= 0.6 is 0 Å². The van der Waals surface area contributed by atoms with Crippen LogP contribution in [-0.4, -0.2) is 47.2 Å². The number of aromatic nitrogens is 2. The molecule has 6 heteroatoms. The average molecular weight is 394 g/mol. The topological polar surface area (TPSA) is 67.4 Å². The molecule has 1 aromatic carbocycles. The number of nitrogens with zero attached hydrogens (tertiary/aromatic N) is 4. The predicted molar refractivity (Wildman–Crippen MR) is 115 cm³/mol. The fraction of sp³-hybridized carbons (Fsp3) is 0.565. The quantitative estimate of drug-likeness (QED) is 0.815. The van der Waals surface area contributed by atoms with E-state index in [4.69, 9.17) is 5.73 Å². The molecule has 1 saturated carbocycles. The summed E-state index contributed by atoms with van der Waals surface area (Å²) in [5.74, 6) is 3.43. The molecule has 6 nitrogen and oxygen atoms in total. The lowest BCUT2D eigenvalue weighted by molar-refractivity contribution is 0.297. The monoisotopic (exact) mass is 393 g/mol. The third-order valence-electron chi connectivity index (χ3n) is 6.98. The first-order valence-electron chi connectivity index (χ1n) is 11.1. The number of nitrogens with two attached hydrogens (primary N) is 1. The van der Waals surface area contributed by atoms with Crippen LogP contribution in [0.1, 0.15) is 31.2 Å². The molecular weight excluding hydrogens is 362 g/mol. The molecule has 3 fully saturated rings. The van der Waals surface area contributed by atoms with Gasteiger partial charge in [0.15, 0.2) is 0 Å². The molecule has 0 bridgehead atoms. The van der Waals surface area contributed by atoms with Gasteiger partial charge in [-0.15, -0.1) is 0 Å². The molecule has 1 aromatic heterocycles. The van der Waals surface area contributed by atoms with Crippen molar-refractivity contribution in [2.75, 3.05) is 37.6 Å². The number of rotatable bonds is 6. The van der Waals surface area contributed by atoms with Crippen LogP contribution in [0.15, 0.2) is 41.3 Å². The Bertz CT molecular complexity index is 890. The van der Waals surface area contributed by atoms with E-state index in [1.807, 2.05) is 24.4 Å². The van der Waals surface area contributed by atoms with Crippen LogP contribution in [0.4, 0.5) is 5.82 Å². The Labute approximate surface area is 172 Å². The van der Waals surface area contributed by atoms with Gasteiger partial charge in [0, 0.05) is 38.9 Å². The number of benzene rings is 1. The van der Waals surface area contributed by atoms with E-state index < -0.39 is 0 Å². The molecule has 154 valence electrons. The number of hydrogen-bond acceptors (Lipinski definition) is 5. The Morgan fingerprint density at radius 1 is 1.03 bits per heavy atom. The minimum Gasteiger partial charge on any atom is -0.356 e. The molecule has 2 aliphatic heterocycles. The Morgan fingerprint density at radius 3 is 2.41 bits per heavy atom. The summed E-state index contributed by atoms with van der Waals surface area (Å²) >= 11 is 0. The van der Waals surface area contributed by atoms with Crippen molar-refractivity contribution in [3.8, 4) is 5.69 Å². The lowest BCUT2D eigenvalue weighted by Crippen LogP contribution is -2.36. The summed E-state index contributed by atoms with van der Waals surface area (Å²) in [5.41, 5.74) is 7.66. The summed E-state index contributed by atoms with van der Waals surface area (Å²) in [4.78, 5) is 21.8. The van der Waals surface area contributed by atoms with Crippen LogP contribution in [0, 0.1) is 17.8 Å². The fourth-order valence-corrected chi connectivity index (χ4v) is 5.10. The standard InChI is InChI=1S/C23H31N5O/c24-9-5-17-6-10-27(11-7-17)22-8-12-28(23(29)25-22)21-3-1-18(2-4-21)14-26-15-19-13-20(19)16-26/h1-4,8,12,17,19-20H,5-7,9-11,13-16,24H2. The maximum absolute atomic E-state index is 12.7. The smallest absolute Gasteiger partial charge is 0.354 e. The Hall–Kier alpha value is -2.18. The Morgan fingerprint density at radius 2 is 1.76 bits per heavy atom. The zero-order chi connectivity index (χ0) is 19.8. The number of piperidine rings is 2. The second-order valence-electron chi connectivity index (χ2n) is 9.06. The summed E-state index contributed by atoms with van der Waals surface area (Å²) in [6.07, 6.45) is 6.65. The molecule has 1 aliphatic carbocycles. The molecular formula is C23H31N5O. The maximum Gasteiger partial charge on any atom is 0.354 e. The van der Waals surface area contributed by atoms with Gasteiger partial charge in [0.1, 0.15) is 5.82 Å². The van der Waals surface area contributed by atoms with Gasteiger partial charge in [-0.25, -0.2) is 4.79 Å². The third-order valence-corrected chi connectivity index (χ3v) is 6.98. The molecule has 3 aliphatic rings. The molecule has 0 spiro atoms. The van der Waals surface area contributed by atoms with E-state index in [-0.39, 0.29) is 5.69 Å². The highest BCUT2D eigenvalue weighted by atomic mass is 16.1. The van der Waals surface area contributed by atoms with E-state index in [1.165, 1.54) is 25.1 Å². The van der Waals surface area contributed by atoms with Crippen LogP contribution in [0.3, 0.4) is 0 Å². The van der Waals surface area contributed by atoms with E-state index in [1.54, 1.807) is 4.57 Å². The van der Waals surface area contributed by atoms with Gasteiger partial charge in [-0.2, -0.15) is 4.98 Å². The highest BCUT2D eigenvalue weighted by molar-refractivity contribution is 5.40. The summed E-state index contributed by atoms with van der Waals surface area (Å²) in [6, 6.07) is 10.3. The molecule has 2 N–H and O–H groups in total. The van der Waals surface area contributed by atoms with E-state index in [2.05, 4.69) is 26.9 Å². The van der Waals surface area contributed by atoms with E-state index in [0.717, 1.165) is 68.8 Å². The first-order chi connectivity index (χ1) is 14.2. The van der Waals surface area contributed by atoms with Gasteiger partial charge in [0.2, 0.25) is 0 Å². The first-order valence-corrected chi connectivity index (χ1v) is 11.1. The number of fused-ring (bicyclic) bond motifs is 1. The van der Waals surface area contributed by atoms with E-state index >= 15 is 0 Å². The zero-order valence-corrected chi connectivity index (χ0v) is 17.0. The number of hydrogen-bond donors (Lipinski definition) is 1. The largest absolute Gasteiger partial charge is 0.356 e. The molecule has 0 amide bonds. The van der Waals surface area contributed by atoms with Crippen molar-refractivity contribution >= 4 is 5.82 Å². The molecule has 2 aromatic rings. The summed E-state index contributed by atoms with van der Waals surface area (Å²) in [7, 11) is 0. The minimum absolute atomic E-state index is 0.209. The van der Waals surface area contributed by atoms with Crippen LogP contribution in [0.25, 0.3) is 5.69 Å². The van der Waals surface area contributed by atoms with Crippen molar-refractivity contribution in [1.29, 1.82) is 0 Å². The van der Waals surface area contributed by atoms with Crippen molar-refractivity contribution in [2.24, 2.45) is 23.5 Å². The average Bonchev–Trinajstić information content (AvgIpc) is 3.35. The first kappa shape index (κ1) is 18.8. The van der Waals surface area contributed by atoms with E-state index in [9.17, 15) is 4.79 Å². The third kappa shape index (κ3) is 4.09. The number of likely N-dealkylation sites (tertiary alicyclic amines) is 1. The Kier molecular flexibility index (Phi) is 5.14. The van der Waals surface area contributed by atoms with Gasteiger partial charge in [-0.05, 0) is 73.7 Å². The molecule has 2 atom stereocenters. The second-order valence-corrected chi connectivity index (χ2v) is 9.06. The zero-order valence-electron chi connectivity index (χ0n) is 17.0. The van der Waals surface area contributed by atoms with Crippen molar-refractivity contribution in [3.05, 3.63) is 52.6 Å². The van der Waals surface area contributed by atoms with Crippen molar-refractivity contribution in [1.82, 2.24) is 14.5 Å². The molecule has 2 saturated heterocycles. The lowest BCUT2D eigenvalue weighted by atomic mass is 9.94. The molecule has 5 rings (SSSR count). The van der Waals surface area contributed by atoms with Crippen LogP contribution in [-0.2, 0) is 6.54 Å². The molecule has 0 radical (unpaired) electrons. The number of anilines is 1. The molecule has 3 heterocycles. The van der Waals surface area contributed by atoms with Gasteiger partial charge in [0.05, 0.1) is 5.69 Å². The van der Waals surface area contributed by atoms with Crippen LogP contribution < -0.4 is 16.3 Å². The fourth-order valence-electron chi connectivity index (χ4n) is 5.10. The summed E-state index contributed by atoms with van der Waals surface area (Å²) < 4.78 is 1.64. The van der Waals surface area contributed by atoms with Crippen LogP contribution in [0.2, 0.25) is 0 Å². The highest BCUT2D eigenvalue weighted by Crippen LogP contribution is 2.45. The lowest BCUT2D eigenvalue weighted by Gasteiger charge is -2.32. The van der Waals surface area contributed by atoms with Crippen molar-refractivity contribution in [3.63, 3.8) is 0 Å². The predicted octanol–water partition coefficient (Wildman–Crippen LogP) is 2.25. The highest BCUT2D eigenvalue weighted by Gasteiger charge is 2.44. The summed E-state index contributed by atoms with van der Waals surface area (Å²) in [6.45, 7) is 6.18. The normalized spacial score (nSPS) is 24.7. The minimum atomic E-state index is -0.209. The van der Waals surface area contributed by atoms with E-state index in [0.29, 0.717) is 5.92 Å². The Balaban J connectivity index is 1.23. The van der Waals surface area contributed by atoms with Gasteiger partial charge < -0.3 is 10.6 Å². The van der Waals surface area contributed by atoms with Gasteiger partial charge in [-0.3, -0.25) is 9.47 Å². The SMILES string of the molecule is NCCC1CCN(c2ccn(-c3ccc(CN4CC5CC5C4)cc3)c(=O)n2)CC1. The van der Waals surface area contributed by atoms with Gasteiger partial charge >= 0.3 is 5.69 Å². The summed E-state index contributed by atoms with van der Waals surface area (Å²) in [5, 5.41) is 0. The maximum atomic E-state index is 12.7. The van der Waals surface area contributed by atoms with Crippen LogP contribution in [0.5, 0.6) is 0 Å². The van der Waals surface area contributed by atoms with Gasteiger partial charge in [-0.1, -0.05) is 12.1 Å². The van der Waals surface area contributed by atoms with Gasteiger partial charge in [0.25, 0.3) is 0 Å².